The van der Waals surface area contributed by atoms with Crippen molar-refractivity contribution < 1.29 is 19.1 Å². The van der Waals surface area contributed by atoms with Gasteiger partial charge in [0.15, 0.2) is 5.78 Å². The third-order valence-corrected chi connectivity index (χ3v) is 4.82. The van der Waals surface area contributed by atoms with E-state index in [1.54, 1.807) is 6.07 Å². The molecule has 1 aromatic carbocycles. The molecule has 6 nitrogen and oxygen atoms in total. The molecule has 0 saturated carbocycles. The number of pyridine rings is 1. The molecular weight excluding hydrogens is 332 g/mol. The van der Waals surface area contributed by atoms with E-state index in [2.05, 4.69) is 4.90 Å². The normalized spacial score (nSPS) is 15.4. The Kier molecular flexibility index (Phi) is 4.44. The van der Waals surface area contributed by atoms with Crippen molar-refractivity contribution in [1.29, 1.82) is 0 Å². The Bertz CT molecular complexity index is 986. The molecule has 0 spiro atoms. The van der Waals surface area contributed by atoms with Crippen LogP contribution in [0.15, 0.2) is 42.6 Å². The van der Waals surface area contributed by atoms with Crippen LogP contribution in [-0.4, -0.2) is 61.0 Å². The zero-order chi connectivity index (χ0) is 18.1. The van der Waals surface area contributed by atoms with Crippen LogP contribution in [0.1, 0.15) is 20.7 Å². The Balaban J connectivity index is 1.76. The van der Waals surface area contributed by atoms with Crippen molar-refractivity contribution in [2.45, 2.75) is 0 Å². The number of esters is 1. The fraction of sp³-hybridized carbons (Fsp3) is 0.300. The average molecular weight is 352 g/mol. The van der Waals surface area contributed by atoms with Gasteiger partial charge in [0.2, 0.25) is 0 Å². The Morgan fingerprint density at radius 3 is 2.62 bits per heavy atom. The summed E-state index contributed by atoms with van der Waals surface area (Å²) in [5, 5.41) is 0.817. The van der Waals surface area contributed by atoms with E-state index in [0.29, 0.717) is 30.9 Å². The topological polar surface area (TPSA) is 60.2 Å². The molecule has 0 atom stereocenters. The van der Waals surface area contributed by atoms with Crippen molar-refractivity contribution in [2.24, 2.45) is 0 Å². The van der Waals surface area contributed by atoms with Crippen molar-refractivity contribution >= 4 is 28.2 Å². The number of methoxy groups -OCH3 is 1. The summed E-state index contributed by atoms with van der Waals surface area (Å²) in [6.45, 7) is 3.24. The summed E-state index contributed by atoms with van der Waals surface area (Å²) in [6.07, 6.45) is 1.81. The van der Waals surface area contributed by atoms with Crippen molar-refractivity contribution in [2.75, 3.05) is 40.0 Å². The highest BCUT2D eigenvalue weighted by Gasteiger charge is 2.20. The molecule has 0 bridgehead atoms. The standard InChI is InChI=1S/C20H20N2O4/c1-25-20(24)19-15-4-2-3-5-16(15)22-12-14(6-7-17(19)22)18(23)13-21-8-10-26-11-9-21/h2-7,12H,8-11,13H2,1H3. The second kappa shape index (κ2) is 6.90. The molecule has 1 aliphatic heterocycles. The lowest BCUT2D eigenvalue weighted by Crippen LogP contribution is -2.39. The molecule has 4 rings (SSSR count). The van der Waals surface area contributed by atoms with E-state index in [0.717, 1.165) is 29.5 Å². The zero-order valence-electron chi connectivity index (χ0n) is 14.6. The number of nitrogens with zero attached hydrogens (tertiary/aromatic N) is 2. The minimum absolute atomic E-state index is 0.0613. The third kappa shape index (κ3) is 2.87. The number of aromatic nitrogens is 1. The van der Waals surface area contributed by atoms with Crippen LogP contribution in [0.3, 0.4) is 0 Å². The number of Topliss-reactive ketones (excluding diaryl/α,β-unsaturated/α-hetero) is 1. The quantitative estimate of drug-likeness (QED) is 0.533. The van der Waals surface area contributed by atoms with Gasteiger partial charge in [-0.25, -0.2) is 4.79 Å². The summed E-state index contributed by atoms with van der Waals surface area (Å²) in [7, 11) is 1.38. The molecule has 1 aliphatic rings. The van der Waals surface area contributed by atoms with Gasteiger partial charge in [0, 0.05) is 30.2 Å². The Labute approximate surface area is 150 Å². The van der Waals surface area contributed by atoms with Gasteiger partial charge in [-0.05, 0) is 18.2 Å². The van der Waals surface area contributed by atoms with Gasteiger partial charge in [-0.3, -0.25) is 9.69 Å². The number of para-hydroxylation sites is 1. The number of ketones is 1. The number of benzene rings is 1. The van der Waals surface area contributed by atoms with Crippen molar-refractivity contribution in [3.63, 3.8) is 0 Å². The van der Waals surface area contributed by atoms with E-state index in [9.17, 15) is 9.59 Å². The minimum Gasteiger partial charge on any atom is -0.465 e. The molecule has 6 heteroatoms. The molecule has 2 aromatic heterocycles. The first kappa shape index (κ1) is 16.8. The van der Waals surface area contributed by atoms with Crippen LogP contribution in [-0.2, 0) is 9.47 Å². The lowest BCUT2D eigenvalue weighted by Gasteiger charge is -2.25. The van der Waals surface area contributed by atoms with E-state index >= 15 is 0 Å². The molecule has 0 radical (unpaired) electrons. The Hall–Kier alpha value is -2.70. The van der Waals surface area contributed by atoms with Crippen LogP contribution in [0.5, 0.6) is 0 Å². The third-order valence-electron chi connectivity index (χ3n) is 4.82. The maximum absolute atomic E-state index is 12.7. The molecular formula is C20H20N2O4. The largest absolute Gasteiger partial charge is 0.465 e. The lowest BCUT2D eigenvalue weighted by molar-refractivity contribution is 0.0371. The number of carbonyl (C=O) groups excluding carboxylic acids is 2. The molecule has 26 heavy (non-hydrogen) atoms. The van der Waals surface area contributed by atoms with E-state index in [1.807, 2.05) is 40.9 Å². The van der Waals surface area contributed by atoms with Gasteiger partial charge >= 0.3 is 5.97 Å². The van der Waals surface area contributed by atoms with Gasteiger partial charge in [-0.2, -0.15) is 0 Å². The molecule has 0 unspecified atom stereocenters. The first-order valence-electron chi connectivity index (χ1n) is 8.63. The Morgan fingerprint density at radius 2 is 1.85 bits per heavy atom. The molecule has 1 fully saturated rings. The molecule has 134 valence electrons. The van der Waals surface area contributed by atoms with Crippen LogP contribution < -0.4 is 0 Å². The van der Waals surface area contributed by atoms with Crippen LogP contribution in [0.2, 0.25) is 0 Å². The number of rotatable bonds is 4. The predicted molar refractivity (Wildman–Crippen MR) is 97.8 cm³/mol. The molecule has 3 heterocycles. The van der Waals surface area contributed by atoms with Crippen LogP contribution in [0, 0.1) is 0 Å². The summed E-state index contributed by atoms with van der Waals surface area (Å²) >= 11 is 0. The van der Waals surface area contributed by atoms with Crippen molar-refractivity contribution in [1.82, 2.24) is 9.30 Å². The maximum Gasteiger partial charge on any atom is 0.340 e. The van der Waals surface area contributed by atoms with Crippen LogP contribution >= 0.6 is 0 Å². The number of fused-ring (bicyclic) bond motifs is 3. The van der Waals surface area contributed by atoms with E-state index < -0.39 is 0 Å². The number of carbonyl (C=O) groups is 2. The van der Waals surface area contributed by atoms with Crippen molar-refractivity contribution in [3.05, 3.63) is 53.7 Å². The number of hydrogen-bond acceptors (Lipinski definition) is 5. The fourth-order valence-corrected chi connectivity index (χ4v) is 3.47. The van der Waals surface area contributed by atoms with E-state index in [1.165, 1.54) is 7.11 Å². The number of hydrogen-bond donors (Lipinski definition) is 0. The van der Waals surface area contributed by atoms with Gasteiger partial charge in [0.25, 0.3) is 0 Å². The van der Waals surface area contributed by atoms with E-state index in [4.69, 9.17) is 9.47 Å². The van der Waals surface area contributed by atoms with Crippen LogP contribution in [0.4, 0.5) is 0 Å². The van der Waals surface area contributed by atoms with Crippen LogP contribution in [0.25, 0.3) is 16.4 Å². The van der Waals surface area contributed by atoms with Gasteiger partial charge in [0.1, 0.15) is 0 Å². The predicted octanol–water partition coefficient (Wildman–Crippen LogP) is 2.39. The van der Waals surface area contributed by atoms with Gasteiger partial charge in [0.05, 0.1) is 43.5 Å². The molecule has 3 aromatic rings. The summed E-state index contributed by atoms with van der Waals surface area (Å²) in [4.78, 5) is 27.1. The molecule has 1 saturated heterocycles. The second-order valence-corrected chi connectivity index (χ2v) is 6.37. The zero-order valence-corrected chi connectivity index (χ0v) is 14.6. The summed E-state index contributed by atoms with van der Waals surface area (Å²) in [5.74, 6) is -0.317. The highest BCUT2D eigenvalue weighted by molar-refractivity contribution is 6.12. The molecule has 0 N–H and O–H groups in total. The highest BCUT2D eigenvalue weighted by Crippen LogP contribution is 2.28. The number of ether oxygens (including phenoxy) is 2. The smallest absolute Gasteiger partial charge is 0.340 e. The number of morpholine rings is 1. The molecule has 0 amide bonds. The molecule has 0 aliphatic carbocycles. The summed E-state index contributed by atoms with van der Waals surface area (Å²) in [6, 6.07) is 11.2. The first-order chi connectivity index (χ1) is 12.7. The average Bonchev–Trinajstić information content (AvgIpc) is 3.02. The first-order valence-corrected chi connectivity index (χ1v) is 8.63. The minimum atomic E-state index is -0.379. The van der Waals surface area contributed by atoms with Gasteiger partial charge in [-0.15, -0.1) is 0 Å². The Morgan fingerprint density at radius 1 is 1.08 bits per heavy atom. The van der Waals surface area contributed by atoms with Gasteiger partial charge < -0.3 is 13.9 Å². The lowest BCUT2D eigenvalue weighted by atomic mass is 10.1. The highest BCUT2D eigenvalue weighted by atomic mass is 16.5. The summed E-state index contributed by atoms with van der Waals surface area (Å²) in [5.41, 5.74) is 2.77. The summed E-state index contributed by atoms with van der Waals surface area (Å²) < 4.78 is 12.2. The SMILES string of the molecule is COC(=O)c1c2ccccc2n2cc(C(=O)CN3CCOCC3)ccc12. The van der Waals surface area contributed by atoms with E-state index in [-0.39, 0.29) is 11.8 Å². The van der Waals surface area contributed by atoms with Gasteiger partial charge in [-0.1, -0.05) is 18.2 Å². The second-order valence-electron chi connectivity index (χ2n) is 6.37. The maximum atomic E-state index is 12.7. The monoisotopic (exact) mass is 352 g/mol. The fourth-order valence-electron chi connectivity index (χ4n) is 3.47. The van der Waals surface area contributed by atoms with Crippen molar-refractivity contribution in [3.8, 4) is 0 Å².